The lowest BCUT2D eigenvalue weighted by atomic mass is 10.0. The lowest BCUT2D eigenvalue weighted by molar-refractivity contribution is -0.121. The van der Waals surface area contributed by atoms with Gasteiger partial charge in [-0.3, -0.25) is 9.79 Å². The average Bonchev–Trinajstić information content (AvgIpc) is 3.09. The maximum Gasteiger partial charge on any atom is 0.220 e. The van der Waals surface area contributed by atoms with Gasteiger partial charge in [0.2, 0.25) is 5.91 Å². The van der Waals surface area contributed by atoms with Crippen molar-refractivity contribution >= 4 is 11.9 Å². The lowest BCUT2D eigenvalue weighted by Crippen LogP contribution is -2.42. The first-order valence-electron chi connectivity index (χ1n) is 9.32. The molecule has 0 unspecified atom stereocenters. The monoisotopic (exact) mass is 344 g/mol. The largest absolute Gasteiger partial charge is 0.354 e. The molecule has 0 saturated heterocycles. The number of nitrogens with one attached hydrogen (secondary N) is 2. The Kier molecular flexibility index (Phi) is 7.76. The third-order valence-electron chi connectivity index (χ3n) is 4.79. The van der Waals surface area contributed by atoms with E-state index in [1.54, 1.807) is 7.05 Å². The highest BCUT2D eigenvalue weighted by Crippen LogP contribution is 2.27. The first-order chi connectivity index (χ1) is 12.1. The van der Waals surface area contributed by atoms with Gasteiger partial charge in [0.15, 0.2) is 5.96 Å². The molecule has 1 aliphatic rings. The van der Waals surface area contributed by atoms with Crippen LogP contribution < -0.4 is 10.6 Å². The number of rotatable bonds is 7. The maximum absolute atomic E-state index is 11.9. The minimum atomic E-state index is 0.177. The predicted molar refractivity (Wildman–Crippen MR) is 104 cm³/mol. The van der Waals surface area contributed by atoms with Crippen molar-refractivity contribution in [1.82, 2.24) is 15.5 Å². The Balaban J connectivity index is 1.66. The summed E-state index contributed by atoms with van der Waals surface area (Å²) in [7, 11) is 3.81. The number of aryl methyl sites for hydroxylation is 1. The van der Waals surface area contributed by atoms with E-state index in [0.29, 0.717) is 25.4 Å². The summed E-state index contributed by atoms with van der Waals surface area (Å²) in [5.74, 6) is 1.61. The van der Waals surface area contributed by atoms with Gasteiger partial charge in [-0.1, -0.05) is 42.7 Å². The molecule has 5 nitrogen and oxygen atoms in total. The molecule has 138 valence electrons. The van der Waals surface area contributed by atoms with E-state index in [2.05, 4.69) is 51.7 Å². The van der Waals surface area contributed by atoms with Crippen LogP contribution in [0.25, 0.3) is 0 Å². The SMILES string of the molecule is CN=C(NCCNC(=O)CC1CCCC1)N(C)Cc1ccc(C)cc1. The molecule has 0 heterocycles. The van der Waals surface area contributed by atoms with Crippen LogP contribution in [0.1, 0.15) is 43.2 Å². The normalized spacial score (nSPS) is 15.2. The zero-order valence-corrected chi connectivity index (χ0v) is 15.8. The minimum Gasteiger partial charge on any atom is -0.354 e. The van der Waals surface area contributed by atoms with Crippen molar-refractivity contribution < 1.29 is 4.79 Å². The van der Waals surface area contributed by atoms with Crippen molar-refractivity contribution in [3.63, 3.8) is 0 Å². The fraction of sp³-hybridized carbons (Fsp3) is 0.600. The molecule has 1 amide bonds. The summed E-state index contributed by atoms with van der Waals surface area (Å²) in [6.45, 7) is 4.20. The second-order valence-electron chi connectivity index (χ2n) is 7.02. The van der Waals surface area contributed by atoms with Gasteiger partial charge >= 0.3 is 0 Å². The van der Waals surface area contributed by atoms with Gasteiger partial charge < -0.3 is 15.5 Å². The molecule has 0 atom stereocenters. The molecule has 1 aromatic rings. The smallest absolute Gasteiger partial charge is 0.220 e. The van der Waals surface area contributed by atoms with Crippen LogP contribution in [0.15, 0.2) is 29.3 Å². The van der Waals surface area contributed by atoms with Crippen LogP contribution in [0, 0.1) is 12.8 Å². The zero-order chi connectivity index (χ0) is 18.1. The molecule has 1 aliphatic carbocycles. The summed E-state index contributed by atoms with van der Waals surface area (Å²) in [6.07, 6.45) is 5.67. The second-order valence-corrected chi connectivity index (χ2v) is 7.02. The van der Waals surface area contributed by atoms with Crippen LogP contribution in [0.4, 0.5) is 0 Å². The Morgan fingerprint density at radius 2 is 1.80 bits per heavy atom. The molecular formula is C20H32N4O. The summed E-state index contributed by atoms with van der Waals surface area (Å²) in [4.78, 5) is 18.3. The molecule has 1 aromatic carbocycles. The summed E-state index contributed by atoms with van der Waals surface area (Å²) >= 11 is 0. The van der Waals surface area contributed by atoms with Gasteiger partial charge in [-0.25, -0.2) is 0 Å². The van der Waals surface area contributed by atoms with Crippen LogP contribution in [0.5, 0.6) is 0 Å². The highest BCUT2D eigenvalue weighted by Gasteiger charge is 2.18. The highest BCUT2D eigenvalue weighted by atomic mass is 16.1. The van der Waals surface area contributed by atoms with E-state index in [4.69, 9.17) is 0 Å². The van der Waals surface area contributed by atoms with Gasteiger partial charge in [0.25, 0.3) is 0 Å². The Labute approximate surface area is 151 Å². The minimum absolute atomic E-state index is 0.177. The average molecular weight is 345 g/mol. The molecule has 0 aliphatic heterocycles. The Bertz CT molecular complexity index is 562. The lowest BCUT2D eigenvalue weighted by Gasteiger charge is -2.22. The molecule has 2 rings (SSSR count). The molecule has 0 aromatic heterocycles. The summed E-state index contributed by atoms with van der Waals surface area (Å²) in [5, 5.41) is 6.32. The van der Waals surface area contributed by atoms with Gasteiger partial charge in [0.1, 0.15) is 0 Å². The molecule has 1 saturated carbocycles. The Morgan fingerprint density at radius 3 is 2.44 bits per heavy atom. The van der Waals surface area contributed by atoms with Crippen LogP contribution in [-0.4, -0.2) is 44.0 Å². The standard InChI is InChI=1S/C20H32N4O/c1-16-8-10-18(11-9-16)15-24(3)20(21-2)23-13-12-22-19(25)14-17-6-4-5-7-17/h8-11,17H,4-7,12-15H2,1-3H3,(H,21,23)(H,22,25). The number of hydrogen-bond acceptors (Lipinski definition) is 2. The highest BCUT2D eigenvalue weighted by molar-refractivity contribution is 5.80. The molecule has 0 bridgehead atoms. The third kappa shape index (κ3) is 6.77. The van der Waals surface area contributed by atoms with Crippen LogP contribution in [-0.2, 0) is 11.3 Å². The van der Waals surface area contributed by atoms with Gasteiger partial charge in [-0.15, -0.1) is 0 Å². The number of carbonyl (C=O) groups is 1. The van der Waals surface area contributed by atoms with Crippen LogP contribution in [0.2, 0.25) is 0 Å². The molecule has 2 N–H and O–H groups in total. The topological polar surface area (TPSA) is 56.7 Å². The van der Waals surface area contributed by atoms with Crippen molar-refractivity contribution in [3.05, 3.63) is 35.4 Å². The number of amides is 1. The van der Waals surface area contributed by atoms with Gasteiger partial charge in [0, 0.05) is 40.2 Å². The number of carbonyl (C=O) groups excluding carboxylic acids is 1. The Hall–Kier alpha value is -2.04. The number of benzene rings is 1. The van der Waals surface area contributed by atoms with E-state index in [0.717, 1.165) is 12.5 Å². The first-order valence-corrected chi connectivity index (χ1v) is 9.32. The van der Waals surface area contributed by atoms with Crippen molar-refractivity contribution in [1.29, 1.82) is 0 Å². The number of aliphatic imine (C=N–C) groups is 1. The van der Waals surface area contributed by atoms with E-state index >= 15 is 0 Å². The third-order valence-corrected chi connectivity index (χ3v) is 4.79. The van der Waals surface area contributed by atoms with E-state index < -0.39 is 0 Å². The van der Waals surface area contributed by atoms with Crippen molar-refractivity contribution in [3.8, 4) is 0 Å². The predicted octanol–water partition coefficient (Wildman–Crippen LogP) is 2.70. The van der Waals surface area contributed by atoms with E-state index in [9.17, 15) is 4.79 Å². The fourth-order valence-electron chi connectivity index (χ4n) is 3.35. The van der Waals surface area contributed by atoms with E-state index in [1.807, 2.05) is 7.05 Å². The van der Waals surface area contributed by atoms with Crippen molar-refractivity contribution in [2.45, 2.75) is 45.6 Å². The van der Waals surface area contributed by atoms with Gasteiger partial charge in [-0.05, 0) is 31.2 Å². The van der Waals surface area contributed by atoms with Crippen molar-refractivity contribution in [2.24, 2.45) is 10.9 Å². The van der Waals surface area contributed by atoms with Gasteiger partial charge in [0.05, 0.1) is 0 Å². The number of hydrogen-bond donors (Lipinski definition) is 2. The molecule has 5 heteroatoms. The van der Waals surface area contributed by atoms with Crippen molar-refractivity contribution in [2.75, 3.05) is 27.2 Å². The quantitative estimate of drug-likeness (QED) is 0.454. The van der Waals surface area contributed by atoms with Crippen LogP contribution >= 0.6 is 0 Å². The summed E-state index contributed by atoms with van der Waals surface area (Å²) < 4.78 is 0. The first kappa shape index (κ1) is 19.3. The number of guanidine groups is 1. The maximum atomic E-state index is 11.9. The Morgan fingerprint density at radius 1 is 1.16 bits per heavy atom. The van der Waals surface area contributed by atoms with Gasteiger partial charge in [-0.2, -0.15) is 0 Å². The number of nitrogens with zero attached hydrogens (tertiary/aromatic N) is 2. The van der Waals surface area contributed by atoms with E-state index in [1.165, 1.54) is 36.8 Å². The molecule has 0 radical (unpaired) electrons. The summed E-state index contributed by atoms with van der Waals surface area (Å²) in [6, 6.07) is 8.53. The molecular weight excluding hydrogens is 312 g/mol. The second kappa shape index (κ2) is 10.1. The molecule has 25 heavy (non-hydrogen) atoms. The van der Waals surface area contributed by atoms with Crippen LogP contribution in [0.3, 0.4) is 0 Å². The molecule has 0 spiro atoms. The van der Waals surface area contributed by atoms with E-state index in [-0.39, 0.29) is 5.91 Å². The molecule has 1 fully saturated rings. The fourth-order valence-corrected chi connectivity index (χ4v) is 3.35. The summed E-state index contributed by atoms with van der Waals surface area (Å²) in [5.41, 5.74) is 2.52. The zero-order valence-electron chi connectivity index (χ0n) is 15.8.